The van der Waals surface area contributed by atoms with Gasteiger partial charge in [-0.3, -0.25) is 4.98 Å². The van der Waals surface area contributed by atoms with Crippen LogP contribution in [0.2, 0.25) is 0 Å². The maximum absolute atomic E-state index is 8.93. The van der Waals surface area contributed by atoms with Crippen molar-refractivity contribution in [1.29, 1.82) is 5.26 Å². The van der Waals surface area contributed by atoms with Crippen molar-refractivity contribution in [2.75, 3.05) is 24.6 Å². The van der Waals surface area contributed by atoms with Crippen LogP contribution in [0.5, 0.6) is 5.75 Å². The van der Waals surface area contributed by atoms with Gasteiger partial charge < -0.3 is 14.4 Å². The summed E-state index contributed by atoms with van der Waals surface area (Å²) in [5, 5.41) is 10.1. The number of rotatable bonds is 7. The fourth-order valence-corrected chi connectivity index (χ4v) is 4.15. The highest BCUT2D eigenvalue weighted by molar-refractivity contribution is 5.93. The first-order valence-corrected chi connectivity index (χ1v) is 11.1. The number of benzene rings is 2. The smallest absolute Gasteiger partial charge is 0.122 e. The Hall–Kier alpha value is -2.81. The van der Waals surface area contributed by atoms with E-state index in [4.69, 9.17) is 19.7 Å². The highest BCUT2D eigenvalue weighted by Gasteiger charge is 2.28. The third-order valence-corrected chi connectivity index (χ3v) is 6.13. The molecule has 1 saturated heterocycles. The van der Waals surface area contributed by atoms with E-state index in [9.17, 15) is 0 Å². The van der Waals surface area contributed by atoms with Crippen LogP contribution in [0.4, 0.5) is 5.69 Å². The van der Waals surface area contributed by atoms with Crippen LogP contribution in [0.25, 0.3) is 10.9 Å². The molecule has 2 aliphatic rings. The standard InChI is InChI=1S/C26H27N3O2.ClH/c1-18-12-26(29-11-10-23(15-29)31-17-21-6-7-21)24-9-8-22(13-25(24)28-18)30-16-20-4-2-19(14-27)3-5-20;/h2-5,8-9,12-13,21,23H,6-7,10-11,15-17H2,1H3;1H. The minimum atomic E-state index is 0. The molecule has 1 aromatic heterocycles. The van der Waals surface area contributed by atoms with Gasteiger partial charge in [0, 0.05) is 42.5 Å². The molecule has 32 heavy (non-hydrogen) atoms. The number of pyridine rings is 1. The molecule has 1 atom stereocenters. The van der Waals surface area contributed by atoms with Gasteiger partial charge in [0.1, 0.15) is 12.4 Å². The highest BCUT2D eigenvalue weighted by Crippen LogP contribution is 2.34. The Morgan fingerprint density at radius 1 is 1.09 bits per heavy atom. The van der Waals surface area contributed by atoms with Crippen molar-refractivity contribution >= 4 is 29.0 Å². The lowest BCUT2D eigenvalue weighted by atomic mass is 10.1. The second-order valence-electron chi connectivity index (χ2n) is 8.69. The van der Waals surface area contributed by atoms with Gasteiger partial charge in [-0.1, -0.05) is 12.1 Å². The molecule has 1 aliphatic carbocycles. The molecule has 1 aliphatic heterocycles. The normalized spacial score (nSPS) is 17.8. The van der Waals surface area contributed by atoms with Gasteiger partial charge in [0.15, 0.2) is 0 Å². The second-order valence-corrected chi connectivity index (χ2v) is 8.69. The molecular formula is C26H28ClN3O2. The number of nitrogens with zero attached hydrogens (tertiary/aromatic N) is 3. The van der Waals surface area contributed by atoms with Gasteiger partial charge in [-0.25, -0.2) is 0 Å². The maximum atomic E-state index is 8.93. The summed E-state index contributed by atoms with van der Waals surface area (Å²) < 4.78 is 12.1. The molecule has 1 unspecified atom stereocenters. The van der Waals surface area contributed by atoms with Gasteiger partial charge in [-0.2, -0.15) is 5.26 Å². The summed E-state index contributed by atoms with van der Waals surface area (Å²) in [6.07, 6.45) is 4.08. The number of nitriles is 1. The fourth-order valence-electron chi connectivity index (χ4n) is 4.15. The number of halogens is 1. The largest absolute Gasteiger partial charge is 0.489 e. The van der Waals surface area contributed by atoms with Crippen LogP contribution in [0.3, 0.4) is 0 Å². The summed E-state index contributed by atoms with van der Waals surface area (Å²) in [7, 11) is 0. The molecule has 1 saturated carbocycles. The third-order valence-electron chi connectivity index (χ3n) is 6.13. The fraction of sp³-hybridized carbons (Fsp3) is 0.385. The summed E-state index contributed by atoms with van der Waals surface area (Å²) in [6, 6.07) is 18.0. The number of ether oxygens (including phenoxy) is 2. The van der Waals surface area contributed by atoms with E-state index in [-0.39, 0.29) is 12.4 Å². The maximum Gasteiger partial charge on any atom is 0.122 e. The summed E-state index contributed by atoms with van der Waals surface area (Å²) in [6.45, 7) is 5.40. The Morgan fingerprint density at radius 3 is 2.66 bits per heavy atom. The Kier molecular flexibility index (Phi) is 6.83. The number of hydrogen-bond acceptors (Lipinski definition) is 5. The first kappa shape index (κ1) is 22.4. The summed E-state index contributed by atoms with van der Waals surface area (Å²) >= 11 is 0. The third kappa shape index (κ3) is 5.15. The molecule has 5 nitrogen and oxygen atoms in total. The SMILES string of the molecule is Cc1cc(N2CCC(OCC3CC3)C2)c2ccc(OCc3ccc(C#N)cc3)cc2n1.Cl. The van der Waals surface area contributed by atoms with Crippen LogP contribution in [0, 0.1) is 24.2 Å². The van der Waals surface area contributed by atoms with Crippen molar-refractivity contribution in [3.63, 3.8) is 0 Å². The number of fused-ring (bicyclic) bond motifs is 1. The van der Waals surface area contributed by atoms with E-state index >= 15 is 0 Å². The van der Waals surface area contributed by atoms with Crippen LogP contribution in [0.1, 0.15) is 36.1 Å². The molecule has 0 radical (unpaired) electrons. The van der Waals surface area contributed by atoms with Gasteiger partial charge in [0.2, 0.25) is 0 Å². The molecule has 2 heterocycles. The van der Waals surface area contributed by atoms with Crippen LogP contribution in [0.15, 0.2) is 48.5 Å². The van der Waals surface area contributed by atoms with Crippen molar-refractivity contribution in [3.05, 3.63) is 65.4 Å². The second kappa shape index (κ2) is 9.77. The summed E-state index contributed by atoms with van der Waals surface area (Å²) in [5.41, 5.74) is 4.89. The van der Waals surface area contributed by atoms with Crippen LogP contribution in [-0.4, -0.2) is 30.8 Å². The van der Waals surface area contributed by atoms with Gasteiger partial charge in [-0.05, 0) is 68.0 Å². The van der Waals surface area contributed by atoms with Gasteiger partial charge in [0.05, 0.1) is 23.3 Å². The van der Waals surface area contributed by atoms with Gasteiger partial charge in [0.25, 0.3) is 0 Å². The lowest BCUT2D eigenvalue weighted by molar-refractivity contribution is 0.0605. The van der Waals surface area contributed by atoms with E-state index in [1.807, 2.05) is 43.3 Å². The van der Waals surface area contributed by atoms with Crippen molar-refractivity contribution in [3.8, 4) is 11.8 Å². The Labute approximate surface area is 195 Å². The monoisotopic (exact) mass is 449 g/mol. The number of anilines is 1. The van der Waals surface area contributed by atoms with E-state index in [2.05, 4.69) is 23.1 Å². The zero-order chi connectivity index (χ0) is 21.2. The lowest BCUT2D eigenvalue weighted by Gasteiger charge is -2.21. The lowest BCUT2D eigenvalue weighted by Crippen LogP contribution is -2.23. The molecule has 3 aromatic rings. The van der Waals surface area contributed by atoms with Crippen LogP contribution in [-0.2, 0) is 11.3 Å². The van der Waals surface area contributed by atoms with Crippen molar-refractivity contribution in [2.24, 2.45) is 5.92 Å². The predicted molar refractivity (Wildman–Crippen MR) is 129 cm³/mol. The average Bonchev–Trinajstić information content (AvgIpc) is 3.51. The zero-order valence-electron chi connectivity index (χ0n) is 18.3. The van der Waals surface area contributed by atoms with E-state index in [0.29, 0.717) is 18.3 Å². The number of hydrogen-bond donors (Lipinski definition) is 0. The topological polar surface area (TPSA) is 58.4 Å². The van der Waals surface area contributed by atoms with Gasteiger partial charge in [-0.15, -0.1) is 12.4 Å². The van der Waals surface area contributed by atoms with E-state index < -0.39 is 0 Å². The molecule has 6 heteroatoms. The molecule has 2 fully saturated rings. The molecule has 2 aromatic carbocycles. The zero-order valence-corrected chi connectivity index (χ0v) is 19.1. The van der Waals surface area contributed by atoms with E-state index in [0.717, 1.165) is 59.9 Å². The molecule has 5 rings (SSSR count). The van der Waals surface area contributed by atoms with Crippen molar-refractivity contribution in [2.45, 2.75) is 38.9 Å². The predicted octanol–water partition coefficient (Wildman–Crippen LogP) is 5.42. The minimum Gasteiger partial charge on any atom is -0.489 e. The van der Waals surface area contributed by atoms with Crippen molar-refractivity contribution < 1.29 is 9.47 Å². The minimum absolute atomic E-state index is 0. The summed E-state index contributed by atoms with van der Waals surface area (Å²) in [4.78, 5) is 7.20. The Morgan fingerprint density at radius 2 is 1.91 bits per heavy atom. The Balaban J connectivity index is 0.00000245. The molecule has 0 spiro atoms. The van der Waals surface area contributed by atoms with Gasteiger partial charge >= 0.3 is 0 Å². The number of aromatic nitrogens is 1. The quantitative estimate of drug-likeness (QED) is 0.482. The molecule has 0 N–H and O–H groups in total. The first-order chi connectivity index (χ1) is 15.2. The van der Waals surface area contributed by atoms with Crippen molar-refractivity contribution in [1.82, 2.24) is 4.98 Å². The molecular weight excluding hydrogens is 422 g/mol. The Bertz CT molecular complexity index is 1120. The summed E-state index contributed by atoms with van der Waals surface area (Å²) in [5.74, 6) is 1.61. The van der Waals surface area contributed by atoms with E-state index in [1.54, 1.807) is 0 Å². The number of aryl methyl sites for hydroxylation is 1. The highest BCUT2D eigenvalue weighted by atomic mass is 35.5. The first-order valence-electron chi connectivity index (χ1n) is 11.1. The average molecular weight is 450 g/mol. The molecule has 0 amide bonds. The van der Waals surface area contributed by atoms with E-state index in [1.165, 1.54) is 18.5 Å². The molecule has 0 bridgehead atoms. The van der Waals surface area contributed by atoms with Crippen LogP contribution < -0.4 is 9.64 Å². The molecule has 166 valence electrons. The van der Waals surface area contributed by atoms with Crippen LogP contribution >= 0.6 is 12.4 Å².